The topological polar surface area (TPSA) is 80.7 Å². The standard InChI is InChI=1S/C22H26O5/c1-13-14(2)22(26)20(15(3)21(13)25)18(7-5-6-8-19(23)24)16-9-11-17(27-4)12-10-16/h9-12,18H,5-8H2,1-4H3,(H,23,24). The average molecular weight is 370 g/mol. The highest BCUT2D eigenvalue weighted by Crippen LogP contribution is 2.38. The molecular weight excluding hydrogens is 344 g/mol. The molecule has 0 radical (unpaired) electrons. The number of benzene rings is 1. The lowest BCUT2D eigenvalue weighted by Crippen LogP contribution is -2.24. The molecule has 0 fully saturated rings. The summed E-state index contributed by atoms with van der Waals surface area (Å²) in [6, 6.07) is 7.47. The van der Waals surface area contributed by atoms with E-state index in [1.54, 1.807) is 27.9 Å². The monoisotopic (exact) mass is 370 g/mol. The molecule has 0 saturated carbocycles. The second-order valence-corrected chi connectivity index (χ2v) is 6.91. The van der Waals surface area contributed by atoms with Gasteiger partial charge in [-0.05, 0) is 51.3 Å². The van der Waals surface area contributed by atoms with Crippen molar-refractivity contribution in [2.45, 2.75) is 52.4 Å². The molecule has 0 saturated heterocycles. The van der Waals surface area contributed by atoms with Crippen LogP contribution in [0.1, 0.15) is 57.9 Å². The lowest BCUT2D eigenvalue weighted by molar-refractivity contribution is -0.137. The van der Waals surface area contributed by atoms with E-state index < -0.39 is 5.97 Å². The third-order valence-corrected chi connectivity index (χ3v) is 5.23. The maximum atomic E-state index is 13.0. The van der Waals surface area contributed by atoms with Gasteiger partial charge in [-0.1, -0.05) is 18.6 Å². The maximum Gasteiger partial charge on any atom is 0.303 e. The number of carboxylic acid groups (broad SMARTS) is 1. The van der Waals surface area contributed by atoms with Gasteiger partial charge in [0.15, 0.2) is 11.6 Å². The Morgan fingerprint density at radius 1 is 0.963 bits per heavy atom. The Hall–Kier alpha value is -2.69. The van der Waals surface area contributed by atoms with Crippen LogP contribution in [-0.4, -0.2) is 29.8 Å². The van der Waals surface area contributed by atoms with Gasteiger partial charge in [0.2, 0.25) is 0 Å². The summed E-state index contributed by atoms with van der Waals surface area (Å²) in [6.07, 6.45) is 1.89. The highest BCUT2D eigenvalue weighted by Gasteiger charge is 2.33. The van der Waals surface area contributed by atoms with Crippen molar-refractivity contribution in [1.29, 1.82) is 0 Å². The first-order chi connectivity index (χ1) is 12.8. The van der Waals surface area contributed by atoms with E-state index in [2.05, 4.69) is 0 Å². The molecule has 1 aliphatic rings. The average Bonchev–Trinajstić information content (AvgIpc) is 2.66. The summed E-state index contributed by atoms with van der Waals surface area (Å²) >= 11 is 0. The number of carboxylic acids is 1. The molecule has 0 heterocycles. The van der Waals surface area contributed by atoms with E-state index in [0.717, 1.165) is 5.56 Å². The number of unbranched alkanes of at least 4 members (excludes halogenated alkanes) is 1. The van der Waals surface area contributed by atoms with Crippen LogP contribution in [0.15, 0.2) is 46.6 Å². The van der Waals surface area contributed by atoms with Crippen molar-refractivity contribution < 1.29 is 24.2 Å². The van der Waals surface area contributed by atoms with Gasteiger partial charge >= 0.3 is 5.97 Å². The molecule has 0 aromatic heterocycles. The molecule has 5 nitrogen and oxygen atoms in total. The summed E-state index contributed by atoms with van der Waals surface area (Å²) in [5, 5.41) is 8.86. The smallest absolute Gasteiger partial charge is 0.303 e. The first-order valence-electron chi connectivity index (χ1n) is 9.11. The minimum absolute atomic E-state index is 0.0915. The lowest BCUT2D eigenvalue weighted by atomic mass is 9.75. The predicted molar refractivity (Wildman–Crippen MR) is 103 cm³/mol. The fourth-order valence-corrected chi connectivity index (χ4v) is 3.47. The first kappa shape index (κ1) is 20.6. The second-order valence-electron chi connectivity index (χ2n) is 6.91. The largest absolute Gasteiger partial charge is 0.497 e. The molecule has 0 amide bonds. The van der Waals surface area contributed by atoms with Crippen LogP contribution in [0, 0.1) is 0 Å². The fraction of sp³-hybridized carbons (Fsp3) is 0.409. The zero-order valence-corrected chi connectivity index (χ0v) is 16.3. The third kappa shape index (κ3) is 4.54. The van der Waals surface area contributed by atoms with Crippen LogP contribution in [0.25, 0.3) is 0 Å². The molecule has 0 aliphatic heterocycles. The summed E-state index contributed by atoms with van der Waals surface area (Å²) < 4.78 is 5.20. The summed E-state index contributed by atoms with van der Waals surface area (Å²) in [7, 11) is 1.59. The number of aliphatic carboxylic acids is 1. The van der Waals surface area contributed by atoms with Gasteiger partial charge in [-0.25, -0.2) is 0 Å². The Labute approximate surface area is 159 Å². The van der Waals surface area contributed by atoms with Crippen molar-refractivity contribution in [3.05, 3.63) is 52.1 Å². The number of Topliss-reactive ketones (excluding diaryl/α,β-unsaturated/α-hetero) is 2. The van der Waals surface area contributed by atoms with E-state index in [4.69, 9.17) is 9.84 Å². The van der Waals surface area contributed by atoms with Crippen molar-refractivity contribution in [3.8, 4) is 5.75 Å². The van der Waals surface area contributed by atoms with Crippen LogP contribution >= 0.6 is 0 Å². The number of rotatable bonds is 8. The Balaban J connectivity index is 2.40. The van der Waals surface area contributed by atoms with Crippen LogP contribution in [0.5, 0.6) is 5.75 Å². The van der Waals surface area contributed by atoms with Gasteiger partial charge in [0, 0.05) is 34.6 Å². The van der Waals surface area contributed by atoms with E-state index in [-0.39, 0.29) is 23.9 Å². The van der Waals surface area contributed by atoms with E-state index in [9.17, 15) is 14.4 Å². The number of methoxy groups -OCH3 is 1. The van der Waals surface area contributed by atoms with Gasteiger partial charge in [0.25, 0.3) is 0 Å². The number of allylic oxidation sites excluding steroid dienone is 4. The summed E-state index contributed by atoms with van der Waals surface area (Å²) in [6.45, 7) is 5.09. The number of carbonyl (C=O) groups excluding carboxylic acids is 2. The molecule has 1 atom stereocenters. The minimum atomic E-state index is -0.829. The number of hydrogen-bond donors (Lipinski definition) is 1. The van der Waals surface area contributed by atoms with Gasteiger partial charge in [-0.15, -0.1) is 0 Å². The molecule has 1 aromatic rings. The molecule has 2 rings (SSSR count). The summed E-state index contributed by atoms with van der Waals surface area (Å²) in [5.41, 5.74) is 2.94. The molecule has 1 aliphatic carbocycles. The predicted octanol–water partition coefficient (Wildman–Crippen LogP) is 4.23. The summed E-state index contributed by atoms with van der Waals surface area (Å²) in [5.74, 6) is -0.546. The van der Waals surface area contributed by atoms with Crippen LogP contribution in [0.3, 0.4) is 0 Å². The molecule has 1 unspecified atom stereocenters. The number of ketones is 2. The number of hydrogen-bond acceptors (Lipinski definition) is 4. The van der Waals surface area contributed by atoms with Crippen LogP contribution < -0.4 is 4.74 Å². The first-order valence-corrected chi connectivity index (χ1v) is 9.11. The van der Waals surface area contributed by atoms with Crippen LogP contribution in [-0.2, 0) is 14.4 Å². The van der Waals surface area contributed by atoms with Crippen molar-refractivity contribution in [3.63, 3.8) is 0 Å². The third-order valence-electron chi connectivity index (χ3n) is 5.23. The zero-order chi connectivity index (χ0) is 20.1. The molecule has 27 heavy (non-hydrogen) atoms. The molecule has 0 spiro atoms. The highest BCUT2D eigenvalue weighted by molar-refractivity contribution is 6.25. The van der Waals surface area contributed by atoms with Crippen molar-refractivity contribution in [1.82, 2.24) is 0 Å². The minimum Gasteiger partial charge on any atom is -0.497 e. The molecule has 5 heteroatoms. The maximum absolute atomic E-state index is 13.0. The zero-order valence-electron chi connectivity index (χ0n) is 16.3. The Morgan fingerprint density at radius 2 is 1.56 bits per heavy atom. The quantitative estimate of drug-likeness (QED) is 0.547. The van der Waals surface area contributed by atoms with Gasteiger partial charge < -0.3 is 9.84 Å². The van der Waals surface area contributed by atoms with Gasteiger partial charge in [0.05, 0.1) is 7.11 Å². The van der Waals surface area contributed by atoms with Gasteiger partial charge in [0.1, 0.15) is 5.75 Å². The highest BCUT2D eigenvalue weighted by atomic mass is 16.5. The van der Waals surface area contributed by atoms with Crippen molar-refractivity contribution >= 4 is 17.5 Å². The molecular formula is C22H26O5. The van der Waals surface area contributed by atoms with E-state index >= 15 is 0 Å². The SMILES string of the molecule is COc1ccc(C(CCCCC(=O)O)C2=C(C)C(=O)C(C)=C(C)C2=O)cc1. The van der Waals surface area contributed by atoms with Crippen molar-refractivity contribution in [2.24, 2.45) is 0 Å². The Kier molecular flexibility index (Phi) is 6.72. The van der Waals surface area contributed by atoms with Crippen LogP contribution in [0.2, 0.25) is 0 Å². The van der Waals surface area contributed by atoms with E-state index in [1.807, 2.05) is 24.3 Å². The lowest BCUT2D eigenvalue weighted by Gasteiger charge is -2.26. The Morgan fingerprint density at radius 3 is 2.11 bits per heavy atom. The van der Waals surface area contributed by atoms with Gasteiger partial charge in [-0.3, -0.25) is 14.4 Å². The van der Waals surface area contributed by atoms with Crippen LogP contribution in [0.4, 0.5) is 0 Å². The number of ether oxygens (including phenoxy) is 1. The van der Waals surface area contributed by atoms with E-state index in [0.29, 0.717) is 47.3 Å². The second kappa shape index (κ2) is 8.80. The Bertz CT molecular complexity index is 812. The van der Waals surface area contributed by atoms with E-state index in [1.165, 1.54) is 0 Å². The molecule has 1 aromatic carbocycles. The molecule has 1 N–H and O–H groups in total. The number of carbonyl (C=O) groups is 3. The van der Waals surface area contributed by atoms with Gasteiger partial charge in [-0.2, -0.15) is 0 Å². The normalized spacial score (nSPS) is 16.0. The summed E-state index contributed by atoms with van der Waals surface area (Å²) in [4.78, 5) is 36.3. The fourth-order valence-electron chi connectivity index (χ4n) is 3.47. The molecule has 0 bridgehead atoms. The van der Waals surface area contributed by atoms with Crippen molar-refractivity contribution in [2.75, 3.05) is 7.11 Å². The molecule has 144 valence electrons.